The van der Waals surface area contributed by atoms with E-state index < -0.39 is 11.7 Å². The predicted octanol–water partition coefficient (Wildman–Crippen LogP) is 7.15. The summed E-state index contributed by atoms with van der Waals surface area (Å²) in [7, 11) is 0. The van der Waals surface area contributed by atoms with Crippen LogP contribution in [0.2, 0.25) is 5.02 Å². The van der Waals surface area contributed by atoms with Gasteiger partial charge in [0.25, 0.3) is 0 Å². The van der Waals surface area contributed by atoms with Crippen molar-refractivity contribution in [3.05, 3.63) is 75.0 Å². The van der Waals surface area contributed by atoms with E-state index in [1.54, 1.807) is 6.07 Å². The lowest BCUT2D eigenvalue weighted by Gasteiger charge is -2.06. The first-order valence-corrected chi connectivity index (χ1v) is 9.67. The molecular formula is C19H13Cl2F4NS. The Morgan fingerprint density at radius 1 is 1.00 bits per heavy atom. The topological polar surface area (TPSA) is 12.9 Å². The molecule has 1 heterocycles. The zero-order chi connectivity index (χ0) is 19.6. The lowest BCUT2D eigenvalue weighted by molar-refractivity contribution is -0.137. The highest BCUT2D eigenvalue weighted by Gasteiger charge is 2.30. The van der Waals surface area contributed by atoms with Gasteiger partial charge in [-0.25, -0.2) is 9.37 Å². The van der Waals surface area contributed by atoms with Gasteiger partial charge in [-0.15, -0.1) is 22.9 Å². The van der Waals surface area contributed by atoms with Crippen LogP contribution in [0, 0.1) is 5.82 Å². The fraction of sp³-hybridized carbons (Fsp3) is 0.211. The third-order valence-electron chi connectivity index (χ3n) is 4.03. The Kier molecular flexibility index (Phi) is 6.08. The van der Waals surface area contributed by atoms with E-state index in [0.717, 1.165) is 17.0 Å². The largest absolute Gasteiger partial charge is 0.416 e. The van der Waals surface area contributed by atoms with Crippen molar-refractivity contribution in [2.75, 3.05) is 0 Å². The zero-order valence-electron chi connectivity index (χ0n) is 13.8. The number of hydrogen-bond donors (Lipinski definition) is 0. The van der Waals surface area contributed by atoms with Crippen molar-refractivity contribution in [2.45, 2.75) is 24.9 Å². The third-order valence-corrected chi connectivity index (χ3v) is 5.96. The maximum absolute atomic E-state index is 13.9. The third kappa shape index (κ3) is 4.62. The number of hydrogen-bond acceptors (Lipinski definition) is 2. The molecule has 27 heavy (non-hydrogen) atoms. The molecule has 0 aliphatic heterocycles. The van der Waals surface area contributed by atoms with Crippen LogP contribution in [0.25, 0.3) is 10.6 Å². The minimum absolute atomic E-state index is 0.221. The summed E-state index contributed by atoms with van der Waals surface area (Å²) >= 11 is 13.3. The van der Waals surface area contributed by atoms with Crippen LogP contribution in [0.15, 0.2) is 42.5 Å². The van der Waals surface area contributed by atoms with Gasteiger partial charge >= 0.3 is 6.18 Å². The van der Waals surface area contributed by atoms with Crippen molar-refractivity contribution in [3.8, 4) is 10.6 Å². The second-order valence-corrected chi connectivity index (χ2v) is 7.56. The molecular weight excluding hydrogens is 421 g/mol. The number of benzene rings is 2. The lowest BCUT2D eigenvalue weighted by Crippen LogP contribution is -2.03. The van der Waals surface area contributed by atoms with E-state index in [0.29, 0.717) is 39.7 Å². The Morgan fingerprint density at radius 2 is 1.70 bits per heavy atom. The average Bonchev–Trinajstić information content (AvgIpc) is 3.04. The zero-order valence-corrected chi connectivity index (χ0v) is 16.1. The van der Waals surface area contributed by atoms with E-state index >= 15 is 0 Å². The molecule has 3 aromatic rings. The first-order valence-electron chi connectivity index (χ1n) is 7.94. The van der Waals surface area contributed by atoms with Crippen LogP contribution in [0.5, 0.6) is 0 Å². The second kappa shape index (κ2) is 8.17. The Morgan fingerprint density at radius 3 is 2.30 bits per heavy atom. The van der Waals surface area contributed by atoms with Crippen LogP contribution in [0.3, 0.4) is 0 Å². The summed E-state index contributed by atoms with van der Waals surface area (Å²) in [4.78, 5) is 5.31. The highest BCUT2D eigenvalue weighted by Crippen LogP contribution is 2.34. The van der Waals surface area contributed by atoms with E-state index in [-0.39, 0.29) is 11.7 Å². The first-order chi connectivity index (χ1) is 12.8. The lowest BCUT2D eigenvalue weighted by atomic mass is 10.1. The Labute approximate surface area is 167 Å². The van der Waals surface area contributed by atoms with Gasteiger partial charge in [0.1, 0.15) is 10.8 Å². The molecule has 0 unspecified atom stereocenters. The number of thiazole rings is 1. The second-order valence-electron chi connectivity index (χ2n) is 5.80. The summed E-state index contributed by atoms with van der Waals surface area (Å²) in [6, 6.07) is 9.33. The van der Waals surface area contributed by atoms with Gasteiger partial charge in [-0.1, -0.05) is 29.8 Å². The summed E-state index contributed by atoms with van der Waals surface area (Å²) in [5.74, 6) is -0.161. The number of aromatic nitrogens is 1. The van der Waals surface area contributed by atoms with E-state index in [2.05, 4.69) is 4.98 Å². The molecule has 0 aliphatic rings. The van der Waals surface area contributed by atoms with Gasteiger partial charge in [-0.3, -0.25) is 0 Å². The van der Waals surface area contributed by atoms with E-state index in [1.807, 2.05) is 0 Å². The predicted molar refractivity (Wildman–Crippen MR) is 101 cm³/mol. The maximum atomic E-state index is 13.9. The molecule has 0 fully saturated rings. The Balaban J connectivity index is 1.83. The maximum Gasteiger partial charge on any atom is 0.416 e. The summed E-state index contributed by atoms with van der Waals surface area (Å²) in [6.45, 7) is 0. The van der Waals surface area contributed by atoms with Gasteiger partial charge < -0.3 is 0 Å². The molecule has 0 aliphatic carbocycles. The van der Waals surface area contributed by atoms with Crippen molar-refractivity contribution in [3.63, 3.8) is 0 Å². The van der Waals surface area contributed by atoms with Crippen LogP contribution in [0.1, 0.15) is 21.7 Å². The molecule has 8 heteroatoms. The van der Waals surface area contributed by atoms with Gasteiger partial charge in [-0.2, -0.15) is 13.2 Å². The quantitative estimate of drug-likeness (QED) is 0.307. The van der Waals surface area contributed by atoms with Gasteiger partial charge in [0.2, 0.25) is 0 Å². The fourth-order valence-electron chi connectivity index (χ4n) is 2.62. The number of alkyl halides is 4. The molecule has 0 atom stereocenters. The van der Waals surface area contributed by atoms with Crippen LogP contribution < -0.4 is 0 Å². The minimum Gasteiger partial charge on any atom is -0.241 e. The number of halogens is 6. The average molecular weight is 434 g/mol. The normalized spacial score (nSPS) is 11.8. The highest BCUT2D eigenvalue weighted by atomic mass is 35.5. The Hall–Kier alpha value is -1.63. The smallest absolute Gasteiger partial charge is 0.241 e. The summed E-state index contributed by atoms with van der Waals surface area (Å²) < 4.78 is 52.0. The van der Waals surface area contributed by atoms with Gasteiger partial charge in [0.05, 0.1) is 17.1 Å². The minimum atomic E-state index is -4.38. The van der Waals surface area contributed by atoms with Crippen molar-refractivity contribution in [1.82, 2.24) is 4.98 Å². The number of rotatable bonds is 5. The fourth-order valence-corrected chi connectivity index (χ4v) is 4.16. The molecule has 0 saturated heterocycles. The number of nitrogens with zero attached hydrogens (tertiary/aromatic N) is 1. The number of aryl methyl sites for hydroxylation is 1. The molecule has 142 valence electrons. The van der Waals surface area contributed by atoms with Crippen LogP contribution in [-0.2, 0) is 24.9 Å². The van der Waals surface area contributed by atoms with Crippen molar-refractivity contribution < 1.29 is 17.6 Å². The standard InChI is InChI=1S/C19H13Cl2F4NS/c20-10-17-16(9-8-13-14(21)2-1-3-15(13)22)26-18(27-17)11-4-6-12(7-5-11)19(23,24)25/h1-7H,8-10H2. The molecule has 1 nitrogen and oxygen atoms in total. The molecule has 0 spiro atoms. The first kappa shape index (κ1) is 20.1. The molecule has 0 saturated carbocycles. The molecule has 0 radical (unpaired) electrons. The summed E-state index contributed by atoms with van der Waals surface area (Å²) in [5, 5.41) is 0.926. The van der Waals surface area contributed by atoms with Crippen molar-refractivity contribution in [2.24, 2.45) is 0 Å². The van der Waals surface area contributed by atoms with E-state index in [4.69, 9.17) is 23.2 Å². The SMILES string of the molecule is Fc1cccc(Cl)c1CCc1nc(-c2ccc(C(F)(F)F)cc2)sc1CCl. The molecule has 1 aromatic heterocycles. The van der Waals surface area contributed by atoms with Crippen LogP contribution in [0.4, 0.5) is 17.6 Å². The molecule has 0 N–H and O–H groups in total. The van der Waals surface area contributed by atoms with Crippen LogP contribution in [-0.4, -0.2) is 4.98 Å². The van der Waals surface area contributed by atoms with Gasteiger partial charge in [-0.05, 0) is 37.1 Å². The van der Waals surface area contributed by atoms with Crippen LogP contribution >= 0.6 is 34.5 Å². The van der Waals surface area contributed by atoms with E-state index in [9.17, 15) is 17.6 Å². The van der Waals surface area contributed by atoms with Gasteiger partial charge in [0.15, 0.2) is 0 Å². The summed E-state index contributed by atoms with van der Waals surface area (Å²) in [5.41, 5.74) is 0.970. The summed E-state index contributed by atoms with van der Waals surface area (Å²) in [6.07, 6.45) is -3.60. The Bertz CT molecular complexity index is 916. The van der Waals surface area contributed by atoms with Crippen molar-refractivity contribution >= 4 is 34.5 Å². The molecule has 3 rings (SSSR count). The van der Waals surface area contributed by atoms with E-state index in [1.165, 1.54) is 35.6 Å². The highest BCUT2D eigenvalue weighted by molar-refractivity contribution is 7.15. The van der Waals surface area contributed by atoms with Gasteiger partial charge in [0, 0.05) is 21.0 Å². The monoisotopic (exact) mass is 433 g/mol. The molecule has 0 amide bonds. The molecule has 0 bridgehead atoms. The molecule has 2 aromatic carbocycles. The van der Waals surface area contributed by atoms with Crippen molar-refractivity contribution in [1.29, 1.82) is 0 Å².